The monoisotopic (exact) mass is 313 g/mol. The summed E-state index contributed by atoms with van der Waals surface area (Å²) in [7, 11) is 0. The van der Waals surface area contributed by atoms with Crippen LogP contribution >= 0.6 is 0 Å². The average molecular weight is 313 g/mol. The van der Waals surface area contributed by atoms with Gasteiger partial charge in [0.1, 0.15) is 5.69 Å². The van der Waals surface area contributed by atoms with Crippen LogP contribution in [0, 0.1) is 0 Å². The second-order valence-electron chi connectivity index (χ2n) is 5.92. The summed E-state index contributed by atoms with van der Waals surface area (Å²) >= 11 is 0. The lowest BCUT2D eigenvalue weighted by Crippen LogP contribution is -2.00. The normalized spacial score (nSPS) is 12.4. The van der Waals surface area contributed by atoms with Crippen molar-refractivity contribution >= 4 is 11.0 Å². The molecule has 1 unspecified atom stereocenters. The largest absolute Gasteiger partial charge is 0.337 e. The Balaban J connectivity index is 1.85. The van der Waals surface area contributed by atoms with Crippen LogP contribution in [0.25, 0.3) is 22.6 Å². The molecular formula is C21H19N3. The summed E-state index contributed by atoms with van der Waals surface area (Å²) in [5, 5.41) is 0. The van der Waals surface area contributed by atoms with E-state index in [1.165, 1.54) is 11.1 Å². The topological polar surface area (TPSA) is 41.6 Å². The molecule has 0 saturated heterocycles. The quantitative estimate of drug-likeness (QED) is 0.565. The Morgan fingerprint density at radius 2 is 1.75 bits per heavy atom. The van der Waals surface area contributed by atoms with Crippen LogP contribution < -0.4 is 0 Å². The highest BCUT2D eigenvalue weighted by molar-refractivity contribution is 5.83. The van der Waals surface area contributed by atoms with E-state index in [0.717, 1.165) is 29.0 Å². The maximum Gasteiger partial charge on any atom is 0.157 e. The van der Waals surface area contributed by atoms with Gasteiger partial charge in [0.25, 0.3) is 0 Å². The lowest BCUT2D eigenvalue weighted by Gasteiger charge is -2.16. The Kier molecular flexibility index (Phi) is 3.83. The molecule has 0 spiro atoms. The molecule has 0 fully saturated rings. The fourth-order valence-corrected chi connectivity index (χ4v) is 3.28. The first kappa shape index (κ1) is 14.6. The molecule has 0 radical (unpaired) electrons. The van der Waals surface area contributed by atoms with E-state index in [2.05, 4.69) is 65.4 Å². The maximum atomic E-state index is 4.86. The first-order chi connectivity index (χ1) is 11.9. The van der Waals surface area contributed by atoms with Gasteiger partial charge in [-0.05, 0) is 35.7 Å². The second kappa shape index (κ2) is 6.28. The van der Waals surface area contributed by atoms with Gasteiger partial charge in [-0.25, -0.2) is 4.98 Å². The lowest BCUT2D eigenvalue weighted by atomic mass is 9.88. The van der Waals surface area contributed by atoms with Crippen molar-refractivity contribution in [2.45, 2.75) is 19.3 Å². The summed E-state index contributed by atoms with van der Waals surface area (Å²) in [6, 6.07) is 22.9. The molecule has 0 bridgehead atoms. The molecule has 0 aliphatic carbocycles. The molecule has 0 aliphatic rings. The summed E-state index contributed by atoms with van der Waals surface area (Å²) in [6.45, 7) is 2.23. The Hall–Kier alpha value is -2.94. The predicted molar refractivity (Wildman–Crippen MR) is 97.9 cm³/mol. The fourth-order valence-electron chi connectivity index (χ4n) is 3.28. The van der Waals surface area contributed by atoms with Crippen LogP contribution in [-0.2, 0) is 0 Å². The number of para-hydroxylation sites is 1. The number of H-pyrrole nitrogens is 1. The standard InChI is InChI=1S/C21H19N3/c1-2-16(15-9-4-3-5-10-15)17-11-8-13-18-20(17)24-21(23-18)19-12-6-7-14-22-19/h3-14,16H,2H2,1H3,(H,23,24). The number of fused-ring (bicyclic) bond motifs is 1. The second-order valence-corrected chi connectivity index (χ2v) is 5.92. The predicted octanol–water partition coefficient (Wildman–Crippen LogP) is 5.17. The molecule has 0 aliphatic heterocycles. The molecule has 24 heavy (non-hydrogen) atoms. The van der Waals surface area contributed by atoms with Crippen molar-refractivity contribution in [3.05, 3.63) is 84.1 Å². The molecule has 4 aromatic rings. The number of pyridine rings is 1. The summed E-state index contributed by atoms with van der Waals surface area (Å²) in [5.74, 6) is 1.16. The zero-order valence-electron chi connectivity index (χ0n) is 13.6. The number of rotatable bonds is 4. The molecule has 3 heteroatoms. The van der Waals surface area contributed by atoms with Gasteiger partial charge in [-0.3, -0.25) is 4.98 Å². The van der Waals surface area contributed by atoms with Gasteiger partial charge in [0.15, 0.2) is 5.82 Å². The zero-order chi connectivity index (χ0) is 16.4. The number of aromatic nitrogens is 3. The molecule has 2 aromatic heterocycles. The Bertz CT molecular complexity index is 943. The molecule has 0 amide bonds. The van der Waals surface area contributed by atoms with Crippen LogP contribution in [0.2, 0.25) is 0 Å². The number of nitrogens with zero attached hydrogens (tertiary/aromatic N) is 2. The summed E-state index contributed by atoms with van der Waals surface area (Å²) in [4.78, 5) is 12.7. The highest BCUT2D eigenvalue weighted by Crippen LogP contribution is 2.33. The first-order valence-electron chi connectivity index (χ1n) is 8.32. The molecule has 1 N–H and O–H groups in total. The highest BCUT2D eigenvalue weighted by Gasteiger charge is 2.17. The third kappa shape index (κ3) is 2.58. The van der Waals surface area contributed by atoms with E-state index in [1.54, 1.807) is 6.20 Å². The minimum atomic E-state index is 0.342. The van der Waals surface area contributed by atoms with Crippen LogP contribution in [0.4, 0.5) is 0 Å². The molecule has 3 nitrogen and oxygen atoms in total. The van der Waals surface area contributed by atoms with Crippen molar-refractivity contribution in [1.82, 2.24) is 15.0 Å². The molecule has 0 saturated carbocycles. The van der Waals surface area contributed by atoms with E-state index in [-0.39, 0.29) is 0 Å². The highest BCUT2D eigenvalue weighted by atomic mass is 14.9. The van der Waals surface area contributed by atoms with Crippen LogP contribution in [0.3, 0.4) is 0 Å². The molecule has 118 valence electrons. The molecule has 1 atom stereocenters. The Morgan fingerprint density at radius 3 is 2.50 bits per heavy atom. The molecule has 2 aromatic carbocycles. The van der Waals surface area contributed by atoms with Gasteiger partial charge in [-0.15, -0.1) is 0 Å². The maximum absolute atomic E-state index is 4.86. The van der Waals surface area contributed by atoms with E-state index in [0.29, 0.717) is 5.92 Å². The van der Waals surface area contributed by atoms with E-state index in [9.17, 15) is 0 Å². The molecular weight excluding hydrogens is 294 g/mol. The van der Waals surface area contributed by atoms with Crippen molar-refractivity contribution in [3.8, 4) is 11.5 Å². The van der Waals surface area contributed by atoms with Gasteiger partial charge >= 0.3 is 0 Å². The van der Waals surface area contributed by atoms with E-state index in [1.807, 2.05) is 18.2 Å². The van der Waals surface area contributed by atoms with E-state index >= 15 is 0 Å². The fraction of sp³-hybridized carbons (Fsp3) is 0.143. The third-order valence-electron chi connectivity index (χ3n) is 4.44. The van der Waals surface area contributed by atoms with Crippen molar-refractivity contribution in [3.63, 3.8) is 0 Å². The minimum Gasteiger partial charge on any atom is -0.337 e. The van der Waals surface area contributed by atoms with Crippen molar-refractivity contribution < 1.29 is 0 Å². The lowest BCUT2D eigenvalue weighted by molar-refractivity contribution is 0.782. The Morgan fingerprint density at radius 1 is 0.917 bits per heavy atom. The number of hydrogen-bond acceptors (Lipinski definition) is 2. The minimum absolute atomic E-state index is 0.342. The SMILES string of the molecule is CCC(c1ccccc1)c1cccc2[nH]c(-c3ccccn3)nc12. The van der Waals surface area contributed by atoms with Gasteiger partial charge in [0.05, 0.1) is 11.0 Å². The van der Waals surface area contributed by atoms with Gasteiger partial charge in [0.2, 0.25) is 0 Å². The Labute approximate surface area is 141 Å². The van der Waals surface area contributed by atoms with Crippen LogP contribution in [-0.4, -0.2) is 15.0 Å². The number of benzene rings is 2. The van der Waals surface area contributed by atoms with Gasteiger partial charge in [-0.1, -0.05) is 55.5 Å². The van der Waals surface area contributed by atoms with Crippen LogP contribution in [0.15, 0.2) is 72.9 Å². The van der Waals surface area contributed by atoms with Crippen molar-refractivity contribution in [2.75, 3.05) is 0 Å². The third-order valence-corrected chi connectivity index (χ3v) is 4.44. The number of aromatic amines is 1. The summed E-state index contributed by atoms with van der Waals surface area (Å²) in [6.07, 6.45) is 2.83. The van der Waals surface area contributed by atoms with Crippen LogP contribution in [0.5, 0.6) is 0 Å². The van der Waals surface area contributed by atoms with E-state index < -0.39 is 0 Å². The van der Waals surface area contributed by atoms with Gasteiger partial charge in [-0.2, -0.15) is 0 Å². The number of imidazole rings is 1. The summed E-state index contributed by atoms with van der Waals surface area (Å²) in [5.41, 5.74) is 5.55. The van der Waals surface area contributed by atoms with Gasteiger partial charge in [0, 0.05) is 12.1 Å². The summed E-state index contributed by atoms with van der Waals surface area (Å²) < 4.78 is 0. The van der Waals surface area contributed by atoms with Crippen molar-refractivity contribution in [1.29, 1.82) is 0 Å². The van der Waals surface area contributed by atoms with E-state index in [4.69, 9.17) is 4.98 Å². The average Bonchev–Trinajstić information content (AvgIpc) is 3.09. The number of nitrogens with one attached hydrogen (secondary N) is 1. The first-order valence-corrected chi connectivity index (χ1v) is 8.32. The van der Waals surface area contributed by atoms with Crippen molar-refractivity contribution in [2.24, 2.45) is 0 Å². The van der Waals surface area contributed by atoms with Gasteiger partial charge < -0.3 is 4.98 Å². The van der Waals surface area contributed by atoms with Crippen LogP contribution in [0.1, 0.15) is 30.4 Å². The smallest absolute Gasteiger partial charge is 0.157 e. The molecule has 2 heterocycles. The molecule has 4 rings (SSSR count). The number of hydrogen-bond donors (Lipinski definition) is 1. The zero-order valence-corrected chi connectivity index (χ0v) is 13.6.